The number of aliphatic imine (C=N–C) groups is 1. The molecular weight excluding hydrogens is 483 g/mol. The van der Waals surface area contributed by atoms with Crippen LogP contribution in [0.3, 0.4) is 0 Å². The van der Waals surface area contributed by atoms with Crippen molar-refractivity contribution in [1.82, 2.24) is 16.0 Å². The van der Waals surface area contributed by atoms with Gasteiger partial charge >= 0.3 is 0 Å². The third-order valence-electron chi connectivity index (χ3n) is 3.94. The second-order valence-electron chi connectivity index (χ2n) is 6.08. The highest BCUT2D eigenvalue weighted by molar-refractivity contribution is 14.0. The van der Waals surface area contributed by atoms with E-state index in [-0.39, 0.29) is 29.9 Å². The van der Waals surface area contributed by atoms with Crippen molar-refractivity contribution < 1.29 is 14.3 Å². The number of halogens is 1. The minimum Gasteiger partial charge on any atom is -0.497 e. The number of amides is 1. The molecule has 158 valence electrons. The van der Waals surface area contributed by atoms with Crippen LogP contribution in [-0.4, -0.2) is 52.3 Å². The highest BCUT2D eigenvalue weighted by Gasteiger charge is 2.06. The average Bonchev–Trinajstić information content (AvgIpc) is 2.73. The molecule has 0 heterocycles. The fraction of sp³-hybridized carbons (Fsp3) is 0.333. The molecule has 1 amide bonds. The Bertz CT molecular complexity index is 782. The van der Waals surface area contributed by atoms with Gasteiger partial charge < -0.3 is 25.4 Å². The second kappa shape index (κ2) is 13.6. The number of guanidine groups is 1. The predicted molar refractivity (Wildman–Crippen MR) is 127 cm³/mol. The zero-order chi connectivity index (χ0) is 20.2. The Morgan fingerprint density at radius 1 is 0.966 bits per heavy atom. The standard InChI is InChI=1S/C21H28N4O3.HI/c1-16-7-9-18(10-8-16)28-14-13-25-21(22-2)24-12-11-23-20(26)17-5-4-6-19(15-17)27-3;/h4-10,15H,11-14H2,1-3H3,(H,23,26)(H2,22,24,25);1H. The van der Waals surface area contributed by atoms with E-state index >= 15 is 0 Å². The Kier molecular flexibility index (Phi) is 11.6. The van der Waals surface area contributed by atoms with Crippen LogP contribution < -0.4 is 25.4 Å². The van der Waals surface area contributed by atoms with Crippen molar-refractivity contribution in [3.05, 3.63) is 59.7 Å². The number of ether oxygens (including phenoxy) is 2. The summed E-state index contributed by atoms with van der Waals surface area (Å²) in [5, 5.41) is 9.18. The molecule has 0 unspecified atom stereocenters. The van der Waals surface area contributed by atoms with E-state index in [2.05, 4.69) is 20.9 Å². The molecule has 2 aromatic carbocycles. The van der Waals surface area contributed by atoms with E-state index in [4.69, 9.17) is 9.47 Å². The normalized spacial score (nSPS) is 10.5. The molecule has 0 aliphatic heterocycles. The van der Waals surface area contributed by atoms with E-state index in [1.54, 1.807) is 38.4 Å². The Morgan fingerprint density at radius 3 is 2.34 bits per heavy atom. The second-order valence-corrected chi connectivity index (χ2v) is 6.08. The first kappa shape index (κ1) is 24.5. The number of hydrogen-bond acceptors (Lipinski definition) is 4. The lowest BCUT2D eigenvalue weighted by molar-refractivity contribution is 0.0954. The monoisotopic (exact) mass is 512 g/mol. The highest BCUT2D eigenvalue weighted by atomic mass is 127. The van der Waals surface area contributed by atoms with Crippen molar-refractivity contribution in [1.29, 1.82) is 0 Å². The SMILES string of the molecule is CN=C(NCCNC(=O)c1cccc(OC)c1)NCCOc1ccc(C)cc1.I. The minimum atomic E-state index is -0.143. The lowest BCUT2D eigenvalue weighted by Gasteiger charge is -2.13. The van der Waals surface area contributed by atoms with Gasteiger partial charge in [-0.2, -0.15) is 0 Å². The maximum Gasteiger partial charge on any atom is 0.251 e. The minimum absolute atomic E-state index is 0. The average molecular weight is 512 g/mol. The zero-order valence-corrected chi connectivity index (χ0v) is 19.4. The van der Waals surface area contributed by atoms with Gasteiger partial charge in [-0.3, -0.25) is 9.79 Å². The number of carbonyl (C=O) groups is 1. The van der Waals surface area contributed by atoms with Crippen molar-refractivity contribution in [3.63, 3.8) is 0 Å². The number of hydrogen-bond donors (Lipinski definition) is 3. The molecule has 0 fully saturated rings. The van der Waals surface area contributed by atoms with Gasteiger partial charge in [-0.05, 0) is 37.3 Å². The molecule has 29 heavy (non-hydrogen) atoms. The predicted octanol–water partition coefficient (Wildman–Crippen LogP) is 2.60. The quantitative estimate of drug-likeness (QED) is 0.208. The van der Waals surface area contributed by atoms with Crippen LogP contribution in [0, 0.1) is 6.92 Å². The first-order valence-corrected chi connectivity index (χ1v) is 9.18. The van der Waals surface area contributed by atoms with E-state index in [1.807, 2.05) is 31.2 Å². The van der Waals surface area contributed by atoms with Crippen molar-refractivity contribution in [2.24, 2.45) is 4.99 Å². The topological polar surface area (TPSA) is 84.0 Å². The number of nitrogens with one attached hydrogen (secondary N) is 3. The number of benzene rings is 2. The van der Waals surface area contributed by atoms with Gasteiger partial charge in [0.25, 0.3) is 5.91 Å². The summed E-state index contributed by atoms with van der Waals surface area (Å²) in [5.74, 6) is 2.01. The molecule has 0 atom stereocenters. The number of carbonyl (C=O) groups excluding carboxylic acids is 1. The molecule has 3 N–H and O–H groups in total. The van der Waals surface area contributed by atoms with Crippen molar-refractivity contribution >= 4 is 35.8 Å². The summed E-state index contributed by atoms with van der Waals surface area (Å²) in [6.45, 7) is 4.20. The maximum absolute atomic E-state index is 12.1. The van der Waals surface area contributed by atoms with E-state index in [0.717, 1.165) is 5.75 Å². The van der Waals surface area contributed by atoms with Crippen LogP contribution >= 0.6 is 24.0 Å². The van der Waals surface area contributed by atoms with Crippen LogP contribution in [0.15, 0.2) is 53.5 Å². The molecule has 0 spiro atoms. The summed E-state index contributed by atoms with van der Waals surface area (Å²) < 4.78 is 10.8. The number of rotatable bonds is 9. The third kappa shape index (κ3) is 9.03. The molecular formula is C21H29IN4O3. The van der Waals surface area contributed by atoms with Crippen LogP contribution in [-0.2, 0) is 0 Å². The first-order chi connectivity index (χ1) is 13.6. The molecule has 8 heteroatoms. The lowest BCUT2D eigenvalue weighted by atomic mass is 10.2. The van der Waals surface area contributed by atoms with Crippen LogP contribution in [0.1, 0.15) is 15.9 Å². The number of aryl methyl sites for hydroxylation is 1. The molecule has 0 saturated carbocycles. The molecule has 0 bridgehead atoms. The van der Waals surface area contributed by atoms with Crippen molar-refractivity contribution in [2.75, 3.05) is 40.4 Å². The van der Waals surface area contributed by atoms with E-state index in [1.165, 1.54) is 5.56 Å². The van der Waals surface area contributed by atoms with Crippen LogP contribution in [0.5, 0.6) is 11.5 Å². The van der Waals surface area contributed by atoms with Gasteiger partial charge in [0, 0.05) is 25.7 Å². The number of nitrogens with zero attached hydrogens (tertiary/aromatic N) is 1. The van der Waals surface area contributed by atoms with Crippen molar-refractivity contribution in [3.8, 4) is 11.5 Å². The van der Waals surface area contributed by atoms with Crippen LogP contribution in [0.25, 0.3) is 0 Å². The van der Waals surface area contributed by atoms with E-state index in [9.17, 15) is 4.79 Å². The molecule has 2 rings (SSSR count). The summed E-state index contributed by atoms with van der Waals surface area (Å²) in [7, 11) is 3.27. The Hall–Kier alpha value is -2.49. The van der Waals surface area contributed by atoms with Gasteiger partial charge in [0.05, 0.1) is 13.7 Å². The first-order valence-electron chi connectivity index (χ1n) is 9.18. The lowest BCUT2D eigenvalue weighted by Crippen LogP contribution is -2.42. The van der Waals surface area contributed by atoms with Gasteiger partial charge in [0.1, 0.15) is 18.1 Å². The fourth-order valence-corrected chi connectivity index (χ4v) is 2.42. The van der Waals surface area contributed by atoms with Crippen LogP contribution in [0.2, 0.25) is 0 Å². The largest absolute Gasteiger partial charge is 0.497 e. The van der Waals surface area contributed by atoms with E-state index < -0.39 is 0 Å². The van der Waals surface area contributed by atoms with Gasteiger partial charge in [0.15, 0.2) is 5.96 Å². The summed E-state index contributed by atoms with van der Waals surface area (Å²) in [5.41, 5.74) is 1.77. The summed E-state index contributed by atoms with van der Waals surface area (Å²) >= 11 is 0. The van der Waals surface area contributed by atoms with Gasteiger partial charge in [-0.15, -0.1) is 24.0 Å². The number of methoxy groups -OCH3 is 1. The highest BCUT2D eigenvalue weighted by Crippen LogP contribution is 2.12. The van der Waals surface area contributed by atoms with Gasteiger partial charge in [0.2, 0.25) is 0 Å². The maximum atomic E-state index is 12.1. The molecule has 2 aromatic rings. The zero-order valence-electron chi connectivity index (χ0n) is 17.0. The Balaban J connectivity index is 0.00000420. The van der Waals surface area contributed by atoms with Gasteiger partial charge in [-0.1, -0.05) is 23.8 Å². The molecule has 0 aromatic heterocycles. The molecule has 7 nitrogen and oxygen atoms in total. The molecule has 0 aliphatic carbocycles. The molecule has 0 saturated heterocycles. The van der Waals surface area contributed by atoms with Crippen LogP contribution in [0.4, 0.5) is 0 Å². The molecule has 0 radical (unpaired) electrons. The Morgan fingerprint density at radius 2 is 1.66 bits per heavy atom. The molecule has 0 aliphatic rings. The fourth-order valence-electron chi connectivity index (χ4n) is 2.42. The summed E-state index contributed by atoms with van der Waals surface area (Å²) in [6, 6.07) is 15.0. The van der Waals surface area contributed by atoms with Crippen molar-refractivity contribution in [2.45, 2.75) is 6.92 Å². The third-order valence-corrected chi connectivity index (χ3v) is 3.94. The summed E-state index contributed by atoms with van der Waals surface area (Å²) in [6.07, 6.45) is 0. The van der Waals surface area contributed by atoms with Gasteiger partial charge in [-0.25, -0.2) is 0 Å². The van der Waals surface area contributed by atoms with E-state index in [0.29, 0.717) is 43.5 Å². The smallest absolute Gasteiger partial charge is 0.251 e. The Labute approximate surface area is 189 Å². The summed E-state index contributed by atoms with van der Waals surface area (Å²) in [4.78, 5) is 16.3.